The van der Waals surface area contributed by atoms with Gasteiger partial charge in [-0.1, -0.05) is 54.9 Å². The van der Waals surface area contributed by atoms with E-state index in [-0.39, 0.29) is 5.41 Å². The van der Waals surface area contributed by atoms with Crippen LogP contribution in [-0.2, 0) is 4.74 Å². The molecule has 1 atom stereocenters. The highest BCUT2D eigenvalue weighted by Crippen LogP contribution is 2.21. The van der Waals surface area contributed by atoms with Gasteiger partial charge in [0.1, 0.15) is 0 Å². The molecule has 0 bridgehead atoms. The molecule has 0 aliphatic rings. The lowest BCUT2D eigenvalue weighted by Gasteiger charge is -2.26. The molecule has 0 saturated carbocycles. The van der Waals surface area contributed by atoms with Gasteiger partial charge in [0.15, 0.2) is 0 Å². The number of rotatable bonds is 2. The first-order valence-corrected chi connectivity index (χ1v) is 6.16. The van der Waals surface area contributed by atoms with Gasteiger partial charge >= 0.3 is 0 Å². The van der Waals surface area contributed by atoms with E-state index in [9.17, 15) is 0 Å². The summed E-state index contributed by atoms with van der Waals surface area (Å²) in [6, 6.07) is 0. The Morgan fingerprint density at radius 2 is 1.27 bits per heavy atom. The van der Waals surface area contributed by atoms with Crippen LogP contribution in [0.1, 0.15) is 68.7 Å². The Labute approximate surface area is 97.6 Å². The van der Waals surface area contributed by atoms with Crippen molar-refractivity contribution in [1.82, 2.24) is 0 Å². The van der Waals surface area contributed by atoms with Crippen molar-refractivity contribution < 1.29 is 4.74 Å². The first kappa shape index (κ1) is 17.4. The van der Waals surface area contributed by atoms with Crippen molar-refractivity contribution in [3.8, 4) is 0 Å². The minimum Gasteiger partial charge on any atom is -0.378 e. The summed E-state index contributed by atoms with van der Waals surface area (Å²) in [5.74, 6) is 0. The smallest absolute Gasteiger partial charge is 0.0595 e. The summed E-state index contributed by atoms with van der Waals surface area (Å²) in [6.45, 7) is 20.5. The lowest BCUT2D eigenvalue weighted by atomic mass is 9.90. The largest absolute Gasteiger partial charge is 0.378 e. The van der Waals surface area contributed by atoms with E-state index in [1.165, 1.54) is 6.42 Å². The topological polar surface area (TPSA) is 9.23 Å². The maximum atomic E-state index is 5.41. The molecule has 0 amide bonds. The first-order chi connectivity index (χ1) is 6.54. The predicted molar refractivity (Wildman–Crippen MR) is 70.3 cm³/mol. The maximum Gasteiger partial charge on any atom is 0.0595 e. The molecule has 0 aromatic carbocycles. The molecular formula is C14H32O. The summed E-state index contributed by atoms with van der Waals surface area (Å²) >= 11 is 0. The van der Waals surface area contributed by atoms with E-state index in [2.05, 4.69) is 55.4 Å². The third kappa shape index (κ3) is 14.0. The van der Waals surface area contributed by atoms with Gasteiger partial charge in [0.2, 0.25) is 0 Å². The minimum atomic E-state index is 0.288. The molecule has 0 saturated heterocycles. The van der Waals surface area contributed by atoms with Crippen LogP contribution in [0.15, 0.2) is 0 Å². The fraction of sp³-hybridized carbons (Fsp3) is 1.00. The van der Waals surface area contributed by atoms with E-state index >= 15 is 0 Å². The van der Waals surface area contributed by atoms with Crippen molar-refractivity contribution in [3.63, 3.8) is 0 Å². The Bertz CT molecular complexity index is 136. The fourth-order valence-electron chi connectivity index (χ4n) is 0.500. The molecule has 0 spiro atoms. The summed E-state index contributed by atoms with van der Waals surface area (Å²) < 4.78 is 5.41. The van der Waals surface area contributed by atoms with E-state index in [0.29, 0.717) is 11.5 Å². The van der Waals surface area contributed by atoms with Crippen LogP contribution in [0.3, 0.4) is 0 Å². The molecule has 1 nitrogen and oxygen atoms in total. The van der Waals surface area contributed by atoms with Crippen LogP contribution >= 0.6 is 0 Å². The van der Waals surface area contributed by atoms with Gasteiger partial charge in [0.05, 0.1) is 6.10 Å². The molecule has 0 N–H and O–H groups in total. The monoisotopic (exact) mass is 216 g/mol. The van der Waals surface area contributed by atoms with Crippen LogP contribution in [-0.4, -0.2) is 12.7 Å². The average molecular weight is 216 g/mol. The number of hydrogen-bond acceptors (Lipinski definition) is 1. The van der Waals surface area contributed by atoms with Gasteiger partial charge in [-0.2, -0.15) is 0 Å². The second kappa shape index (κ2) is 7.27. The van der Waals surface area contributed by atoms with Crippen LogP contribution in [0, 0.1) is 10.8 Å². The van der Waals surface area contributed by atoms with E-state index in [0.717, 1.165) is 6.61 Å². The molecular weight excluding hydrogens is 184 g/mol. The Kier molecular flexibility index (Phi) is 8.41. The van der Waals surface area contributed by atoms with Crippen LogP contribution in [0.2, 0.25) is 0 Å². The highest BCUT2D eigenvalue weighted by atomic mass is 16.5. The van der Waals surface area contributed by atoms with E-state index in [1.807, 2.05) is 6.92 Å². The zero-order valence-electron chi connectivity index (χ0n) is 12.4. The molecule has 0 aliphatic carbocycles. The van der Waals surface area contributed by atoms with Gasteiger partial charge in [-0.05, 0) is 24.7 Å². The molecule has 0 fully saturated rings. The molecule has 94 valence electrons. The highest BCUT2D eigenvalue weighted by Gasteiger charge is 2.19. The van der Waals surface area contributed by atoms with Crippen molar-refractivity contribution in [2.45, 2.75) is 74.8 Å². The SMILES string of the molecule is CCC(C)(C)C.CCOC(C)C(C)(C)C. The van der Waals surface area contributed by atoms with Crippen molar-refractivity contribution in [3.05, 3.63) is 0 Å². The molecule has 0 heterocycles. The van der Waals surface area contributed by atoms with Gasteiger partial charge in [-0.25, -0.2) is 0 Å². The Balaban J connectivity index is 0. The molecule has 0 aromatic heterocycles. The fourth-order valence-corrected chi connectivity index (χ4v) is 0.500. The average Bonchev–Trinajstić information content (AvgIpc) is 2.03. The summed E-state index contributed by atoms with van der Waals surface area (Å²) in [4.78, 5) is 0. The summed E-state index contributed by atoms with van der Waals surface area (Å²) in [5.41, 5.74) is 0.829. The van der Waals surface area contributed by atoms with E-state index in [1.54, 1.807) is 0 Å². The van der Waals surface area contributed by atoms with Gasteiger partial charge in [-0.15, -0.1) is 0 Å². The van der Waals surface area contributed by atoms with Crippen molar-refractivity contribution >= 4 is 0 Å². The third-order valence-corrected chi connectivity index (χ3v) is 2.70. The molecule has 0 rings (SSSR count). The van der Waals surface area contributed by atoms with Crippen molar-refractivity contribution in [2.75, 3.05) is 6.61 Å². The van der Waals surface area contributed by atoms with Crippen molar-refractivity contribution in [2.24, 2.45) is 10.8 Å². The predicted octanol–water partition coefficient (Wildman–Crippen LogP) is 4.90. The lowest BCUT2D eigenvalue weighted by Crippen LogP contribution is -2.25. The number of ether oxygens (including phenoxy) is 1. The van der Waals surface area contributed by atoms with Gasteiger partial charge in [0.25, 0.3) is 0 Å². The summed E-state index contributed by atoms with van der Waals surface area (Å²) in [7, 11) is 0. The van der Waals surface area contributed by atoms with E-state index < -0.39 is 0 Å². The van der Waals surface area contributed by atoms with Crippen molar-refractivity contribution in [1.29, 1.82) is 0 Å². The second-order valence-electron chi connectivity index (χ2n) is 6.38. The van der Waals surface area contributed by atoms with Crippen LogP contribution in [0.4, 0.5) is 0 Å². The normalized spacial score (nSPS) is 14.2. The second-order valence-corrected chi connectivity index (χ2v) is 6.38. The molecule has 0 aliphatic heterocycles. The highest BCUT2D eigenvalue weighted by molar-refractivity contribution is 4.69. The quantitative estimate of drug-likeness (QED) is 0.638. The Morgan fingerprint density at radius 3 is 1.33 bits per heavy atom. The molecule has 0 aromatic rings. The molecule has 15 heavy (non-hydrogen) atoms. The Hall–Kier alpha value is -0.0400. The molecule has 1 heteroatoms. The van der Waals surface area contributed by atoms with Gasteiger partial charge in [0, 0.05) is 6.61 Å². The minimum absolute atomic E-state index is 0.288. The maximum absolute atomic E-state index is 5.41. The van der Waals surface area contributed by atoms with E-state index in [4.69, 9.17) is 4.74 Å². The van der Waals surface area contributed by atoms with Gasteiger partial charge in [-0.3, -0.25) is 0 Å². The standard InChI is InChI=1S/C8H18O.C6H14/c1-6-9-7(2)8(3,4)5;1-5-6(2,3)4/h7H,6H2,1-5H3;5H2,1-4H3. The number of hydrogen-bond donors (Lipinski definition) is 0. The lowest BCUT2D eigenvalue weighted by molar-refractivity contribution is 0.00224. The third-order valence-electron chi connectivity index (χ3n) is 2.70. The summed E-state index contributed by atoms with van der Waals surface area (Å²) in [5, 5.41) is 0. The van der Waals surface area contributed by atoms with Crippen LogP contribution in [0.5, 0.6) is 0 Å². The Morgan fingerprint density at radius 1 is 0.933 bits per heavy atom. The van der Waals surface area contributed by atoms with Crippen LogP contribution in [0.25, 0.3) is 0 Å². The first-order valence-electron chi connectivity index (χ1n) is 6.16. The van der Waals surface area contributed by atoms with Gasteiger partial charge < -0.3 is 4.74 Å². The summed E-state index contributed by atoms with van der Waals surface area (Å²) in [6.07, 6.45) is 1.63. The molecule has 1 unspecified atom stereocenters. The zero-order chi connectivity index (χ0) is 12.7. The molecule has 0 radical (unpaired) electrons. The van der Waals surface area contributed by atoms with Crippen LogP contribution < -0.4 is 0 Å². The zero-order valence-corrected chi connectivity index (χ0v) is 12.4.